The molecule has 3 unspecified atom stereocenters. The van der Waals surface area contributed by atoms with Crippen molar-refractivity contribution in [1.29, 1.82) is 0 Å². The van der Waals surface area contributed by atoms with E-state index in [1.165, 1.54) is 19.3 Å². The Morgan fingerprint density at radius 3 is 2.65 bits per heavy atom. The minimum atomic E-state index is 0.566. The van der Waals surface area contributed by atoms with Crippen LogP contribution in [0.25, 0.3) is 0 Å². The molecule has 0 spiro atoms. The van der Waals surface area contributed by atoms with E-state index in [4.69, 9.17) is 5.73 Å². The highest BCUT2D eigenvalue weighted by molar-refractivity contribution is 5.49. The lowest BCUT2D eigenvalue weighted by molar-refractivity contribution is 0.260. The Morgan fingerprint density at radius 1 is 1.24 bits per heavy atom. The largest absolute Gasteiger partial charge is 0.397 e. The van der Waals surface area contributed by atoms with Gasteiger partial charge in [-0.25, -0.2) is 4.98 Å². The number of nitrogens with two attached hydrogens (primary N) is 1. The molecule has 94 valence electrons. The van der Waals surface area contributed by atoms with Crippen molar-refractivity contribution >= 4 is 11.5 Å². The lowest BCUT2D eigenvalue weighted by Crippen LogP contribution is -2.30. The van der Waals surface area contributed by atoms with Gasteiger partial charge < -0.3 is 11.1 Å². The summed E-state index contributed by atoms with van der Waals surface area (Å²) >= 11 is 0. The minimum absolute atomic E-state index is 0.566. The first-order valence-corrected chi connectivity index (χ1v) is 6.56. The number of aryl methyl sites for hydroxylation is 1. The highest BCUT2D eigenvalue weighted by atomic mass is 15.0. The van der Waals surface area contributed by atoms with Crippen LogP contribution in [-0.2, 0) is 0 Å². The van der Waals surface area contributed by atoms with Crippen molar-refractivity contribution < 1.29 is 0 Å². The highest BCUT2D eigenvalue weighted by Crippen LogP contribution is 2.30. The Morgan fingerprint density at radius 2 is 2.00 bits per heavy atom. The van der Waals surface area contributed by atoms with E-state index in [0.29, 0.717) is 6.04 Å². The first-order valence-electron chi connectivity index (χ1n) is 6.56. The van der Waals surface area contributed by atoms with E-state index in [9.17, 15) is 0 Å². The Hall–Kier alpha value is -1.25. The van der Waals surface area contributed by atoms with Crippen molar-refractivity contribution in [3.63, 3.8) is 0 Å². The summed E-state index contributed by atoms with van der Waals surface area (Å²) in [6, 6.07) is 4.47. The third kappa shape index (κ3) is 2.90. The maximum atomic E-state index is 5.77. The fourth-order valence-corrected chi connectivity index (χ4v) is 2.54. The number of nitrogens with zero attached hydrogens (tertiary/aromatic N) is 1. The van der Waals surface area contributed by atoms with Crippen molar-refractivity contribution in [3.8, 4) is 0 Å². The Bertz CT molecular complexity index is 389. The van der Waals surface area contributed by atoms with E-state index < -0.39 is 0 Å². The van der Waals surface area contributed by atoms with Crippen LogP contribution in [0.2, 0.25) is 0 Å². The second-order valence-electron chi connectivity index (χ2n) is 5.48. The molecule has 1 heterocycles. The van der Waals surface area contributed by atoms with Crippen molar-refractivity contribution in [2.24, 2.45) is 11.8 Å². The molecule has 0 saturated heterocycles. The van der Waals surface area contributed by atoms with Crippen molar-refractivity contribution in [2.45, 2.75) is 46.1 Å². The molecule has 1 fully saturated rings. The molecule has 0 amide bonds. The molecule has 0 aromatic carbocycles. The van der Waals surface area contributed by atoms with Gasteiger partial charge in [-0.15, -0.1) is 0 Å². The first-order chi connectivity index (χ1) is 8.06. The molecular formula is C14H23N3. The fourth-order valence-electron chi connectivity index (χ4n) is 2.54. The number of nitrogen functional groups attached to an aromatic ring is 1. The summed E-state index contributed by atoms with van der Waals surface area (Å²) in [6.45, 7) is 6.65. The summed E-state index contributed by atoms with van der Waals surface area (Å²) in [5, 5.41) is 3.53. The summed E-state index contributed by atoms with van der Waals surface area (Å²) in [5.41, 5.74) is 7.45. The second kappa shape index (κ2) is 4.94. The smallest absolute Gasteiger partial charge is 0.126 e. The first kappa shape index (κ1) is 12.2. The van der Waals surface area contributed by atoms with Gasteiger partial charge in [0, 0.05) is 6.04 Å². The van der Waals surface area contributed by atoms with Gasteiger partial charge in [0.15, 0.2) is 0 Å². The lowest BCUT2D eigenvalue weighted by Gasteiger charge is -2.32. The van der Waals surface area contributed by atoms with Gasteiger partial charge >= 0.3 is 0 Å². The van der Waals surface area contributed by atoms with E-state index in [2.05, 4.69) is 24.1 Å². The summed E-state index contributed by atoms with van der Waals surface area (Å²) in [5.74, 6) is 2.62. The molecule has 0 radical (unpaired) electrons. The predicted octanol–water partition coefficient (Wildman–Crippen LogP) is 3.21. The van der Waals surface area contributed by atoms with Crippen LogP contribution < -0.4 is 11.1 Å². The minimum Gasteiger partial charge on any atom is -0.397 e. The van der Waals surface area contributed by atoms with Crippen LogP contribution in [0.5, 0.6) is 0 Å². The van der Waals surface area contributed by atoms with Gasteiger partial charge in [0.05, 0.1) is 11.4 Å². The van der Waals surface area contributed by atoms with Gasteiger partial charge in [-0.3, -0.25) is 0 Å². The zero-order valence-corrected chi connectivity index (χ0v) is 11.0. The van der Waals surface area contributed by atoms with Gasteiger partial charge in [0.25, 0.3) is 0 Å². The zero-order valence-electron chi connectivity index (χ0n) is 11.0. The van der Waals surface area contributed by atoms with Crippen molar-refractivity contribution in [2.75, 3.05) is 11.1 Å². The Labute approximate surface area is 104 Å². The van der Waals surface area contributed by atoms with Crippen LogP contribution in [0.1, 0.15) is 38.8 Å². The van der Waals surface area contributed by atoms with Crippen LogP contribution >= 0.6 is 0 Å². The number of aromatic nitrogens is 1. The number of nitrogens with one attached hydrogen (secondary N) is 1. The van der Waals surface area contributed by atoms with Crippen LogP contribution in [0.3, 0.4) is 0 Å². The molecule has 3 nitrogen and oxygen atoms in total. The molecule has 1 saturated carbocycles. The van der Waals surface area contributed by atoms with Crippen molar-refractivity contribution in [1.82, 2.24) is 4.98 Å². The third-order valence-electron chi connectivity index (χ3n) is 4.08. The molecule has 1 aromatic rings. The van der Waals surface area contributed by atoms with Crippen LogP contribution in [-0.4, -0.2) is 11.0 Å². The predicted molar refractivity (Wildman–Crippen MR) is 73.0 cm³/mol. The average molecular weight is 233 g/mol. The van der Waals surface area contributed by atoms with Crippen LogP contribution in [0, 0.1) is 18.8 Å². The van der Waals surface area contributed by atoms with Gasteiger partial charge in [-0.2, -0.15) is 0 Å². The number of pyridine rings is 1. The second-order valence-corrected chi connectivity index (χ2v) is 5.48. The number of anilines is 2. The molecule has 1 aliphatic rings. The standard InChI is InChI=1S/C14H23N3/c1-9-4-5-12(8-10(9)2)17-14-7-6-13(15)11(3)16-14/h6-7,9-10,12H,4-5,8,15H2,1-3H3,(H,16,17). The van der Waals surface area contributed by atoms with Gasteiger partial charge in [-0.1, -0.05) is 13.8 Å². The number of hydrogen-bond donors (Lipinski definition) is 2. The van der Waals surface area contributed by atoms with Crippen LogP contribution in [0.15, 0.2) is 12.1 Å². The Balaban J connectivity index is 1.99. The molecule has 1 aliphatic carbocycles. The monoisotopic (exact) mass is 233 g/mol. The summed E-state index contributed by atoms with van der Waals surface area (Å²) < 4.78 is 0. The normalized spacial score (nSPS) is 29.0. The maximum absolute atomic E-state index is 5.77. The molecule has 17 heavy (non-hydrogen) atoms. The van der Waals surface area contributed by atoms with E-state index in [0.717, 1.165) is 29.0 Å². The Kier molecular flexibility index (Phi) is 3.55. The molecular weight excluding hydrogens is 210 g/mol. The van der Waals surface area contributed by atoms with Crippen molar-refractivity contribution in [3.05, 3.63) is 17.8 Å². The van der Waals surface area contributed by atoms with Gasteiger partial charge in [-0.05, 0) is 50.2 Å². The summed E-state index contributed by atoms with van der Waals surface area (Å²) in [7, 11) is 0. The van der Waals surface area contributed by atoms with Crippen LogP contribution in [0.4, 0.5) is 11.5 Å². The SMILES string of the molecule is Cc1nc(NC2CCC(C)C(C)C2)ccc1N. The molecule has 3 N–H and O–H groups in total. The fraction of sp³-hybridized carbons (Fsp3) is 0.643. The number of hydrogen-bond acceptors (Lipinski definition) is 3. The lowest BCUT2D eigenvalue weighted by atomic mass is 9.79. The van der Waals surface area contributed by atoms with Gasteiger partial charge in [0.2, 0.25) is 0 Å². The van der Waals surface area contributed by atoms with Gasteiger partial charge in [0.1, 0.15) is 5.82 Å². The van der Waals surface area contributed by atoms with E-state index >= 15 is 0 Å². The molecule has 3 atom stereocenters. The van der Waals surface area contributed by atoms with E-state index in [-0.39, 0.29) is 0 Å². The average Bonchev–Trinajstić information content (AvgIpc) is 2.29. The highest BCUT2D eigenvalue weighted by Gasteiger charge is 2.24. The van der Waals surface area contributed by atoms with E-state index in [1.807, 2.05) is 19.1 Å². The molecule has 0 bridgehead atoms. The summed E-state index contributed by atoms with van der Waals surface area (Å²) in [4.78, 5) is 4.47. The zero-order chi connectivity index (χ0) is 12.4. The quantitative estimate of drug-likeness (QED) is 0.824. The molecule has 1 aromatic heterocycles. The topological polar surface area (TPSA) is 50.9 Å². The number of rotatable bonds is 2. The molecule has 2 rings (SSSR count). The molecule has 0 aliphatic heterocycles. The summed E-state index contributed by atoms with van der Waals surface area (Å²) in [6.07, 6.45) is 3.80. The molecule has 3 heteroatoms. The third-order valence-corrected chi connectivity index (χ3v) is 4.08. The maximum Gasteiger partial charge on any atom is 0.126 e. The van der Waals surface area contributed by atoms with E-state index in [1.54, 1.807) is 0 Å².